The maximum Gasteiger partial charge on any atom is 0.245 e. The molecular weight excluding hydrogens is 114 g/mol. The summed E-state index contributed by atoms with van der Waals surface area (Å²) in [5.41, 5.74) is 1.09. The molecule has 0 heterocycles. The zero-order chi connectivity index (χ0) is 5.70. The molecule has 0 fully saturated rings. The average Bonchev–Trinajstić information content (AvgIpc) is 1.68. The summed E-state index contributed by atoms with van der Waals surface area (Å²) in [7, 11) is 4.65. The second-order valence-corrected chi connectivity index (χ2v) is 1.05. The Balaban J connectivity index is 3.37. The van der Waals surface area contributed by atoms with E-state index in [0.29, 0.717) is 0 Å². The monoisotopic (exact) mass is 117 g/mol. The van der Waals surface area contributed by atoms with E-state index >= 15 is 0 Å². The Bertz CT molecular complexity index is 89.7. The Labute approximate surface area is 47.2 Å². The Hall–Kier alpha value is -0.500. The first-order chi connectivity index (χ1) is 3.31. The molecule has 1 amide bonds. The lowest BCUT2D eigenvalue weighted by atomic mass is 10.6. The molecule has 0 rings (SSSR count). The maximum absolute atomic E-state index is 10.0. The van der Waals surface area contributed by atoms with Gasteiger partial charge in [-0.1, -0.05) is 11.6 Å². The van der Waals surface area contributed by atoms with E-state index in [1.807, 2.05) is 5.32 Å². The van der Waals surface area contributed by atoms with Gasteiger partial charge >= 0.3 is 0 Å². The lowest BCUT2D eigenvalue weighted by Crippen LogP contribution is -2.10. The summed E-state index contributed by atoms with van der Waals surface area (Å²) in [6, 6.07) is 0. The molecule has 0 saturated heterocycles. The van der Waals surface area contributed by atoms with Crippen LogP contribution in [0.1, 0.15) is 0 Å². The van der Waals surface area contributed by atoms with Crippen LogP contribution >= 0.6 is 11.6 Å². The van der Waals surface area contributed by atoms with Gasteiger partial charge in [-0.25, -0.2) is 0 Å². The molecule has 0 atom stereocenters. The fourth-order valence-electron chi connectivity index (χ4n) is 0.105. The number of amides is 1. The van der Waals surface area contributed by atoms with Crippen molar-refractivity contribution in [1.82, 2.24) is 5.32 Å². The van der Waals surface area contributed by atoms with Crippen LogP contribution < -0.4 is 5.32 Å². The third-order valence-corrected chi connectivity index (χ3v) is 0.483. The van der Waals surface area contributed by atoms with Crippen molar-refractivity contribution >= 4 is 17.5 Å². The molecule has 3 heteroatoms. The van der Waals surface area contributed by atoms with E-state index in [4.69, 9.17) is 11.6 Å². The molecule has 0 aromatic rings. The summed E-state index contributed by atoms with van der Waals surface area (Å²) in [4.78, 5) is 10.0. The van der Waals surface area contributed by atoms with Crippen molar-refractivity contribution in [3.63, 3.8) is 0 Å². The van der Waals surface area contributed by atoms with Gasteiger partial charge in [-0.2, -0.15) is 0 Å². The predicted octanol–water partition coefficient (Wildman–Crippen LogP) is 0.524. The highest BCUT2D eigenvalue weighted by Gasteiger charge is 1.82. The summed E-state index contributed by atoms with van der Waals surface area (Å²) in [5.74, 6) is -0.407. The molecule has 2 radical (unpaired) electrons. The highest BCUT2D eigenvalue weighted by molar-refractivity contribution is 6.26. The molecule has 0 aliphatic heterocycles. The first-order valence-corrected chi connectivity index (χ1v) is 2.02. The van der Waals surface area contributed by atoms with Crippen LogP contribution in [0.15, 0.2) is 11.6 Å². The van der Waals surface area contributed by atoms with Crippen molar-refractivity contribution in [1.29, 1.82) is 0 Å². The summed E-state index contributed by atoms with van der Waals surface area (Å²) in [6.07, 6.45) is 1.11. The fourth-order valence-corrected chi connectivity index (χ4v) is 0.220. The smallest absolute Gasteiger partial charge is 0.245 e. The van der Waals surface area contributed by atoms with Crippen LogP contribution in [-0.2, 0) is 4.79 Å². The number of hydrogen-bond donors (Lipinski definition) is 1. The number of rotatable bonds is 1. The molecule has 0 unspecified atom stereocenters. The van der Waals surface area contributed by atoms with Crippen molar-refractivity contribution < 1.29 is 4.79 Å². The van der Waals surface area contributed by atoms with Gasteiger partial charge in [0.25, 0.3) is 0 Å². The highest BCUT2D eigenvalue weighted by atomic mass is 35.5. The molecule has 0 aliphatic rings. The van der Waals surface area contributed by atoms with E-state index in [0.717, 1.165) is 11.6 Å². The summed E-state index contributed by atoms with van der Waals surface area (Å²) >= 11 is 4.98. The van der Waals surface area contributed by atoms with E-state index in [1.54, 1.807) is 0 Å². The molecule has 1 N–H and O–H groups in total. The zero-order valence-electron chi connectivity index (χ0n) is 3.52. The molecule has 0 saturated carbocycles. The standard InChI is InChI=1S/C4H4ClNO/c1-6-4(7)2-3-5/h1-3H,(H,6,7)/b3-2-. The Morgan fingerprint density at radius 1 is 1.86 bits per heavy atom. The topological polar surface area (TPSA) is 29.1 Å². The van der Waals surface area contributed by atoms with Crippen molar-refractivity contribution in [2.75, 3.05) is 0 Å². The lowest BCUT2D eigenvalue weighted by molar-refractivity contribution is -0.115. The van der Waals surface area contributed by atoms with Gasteiger partial charge in [0.15, 0.2) is 0 Å². The molecule has 0 spiro atoms. The molecule has 0 aromatic carbocycles. The third kappa shape index (κ3) is 3.33. The molecule has 0 aromatic heterocycles. The van der Waals surface area contributed by atoms with Crippen LogP contribution in [0.3, 0.4) is 0 Å². The van der Waals surface area contributed by atoms with Gasteiger partial charge < -0.3 is 5.32 Å². The van der Waals surface area contributed by atoms with E-state index in [1.165, 1.54) is 0 Å². The normalized spacial score (nSPS) is 9.43. The van der Waals surface area contributed by atoms with Crippen LogP contribution in [0, 0.1) is 7.05 Å². The summed E-state index contributed by atoms with van der Waals surface area (Å²) in [5, 5.41) is 1.86. The second-order valence-electron chi connectivity index (χ2n) is 0.801. The summed E-state index contributed by atoms with van der Waals surface area (Å²) in [6.45, 7) is 0. The van der Waals surface area contributed by atoms with Gasteiger partial charge in [-0.15, -0.1) is 0 Å². The molecule has 0 bridgehead atoms. The minimum Gasteiger partial charge on any atom is -0.345 e. The van der Waals surface area contributed by atoms with E-state index in [-0.39, 0.29) is 0 Å². The Kier molecular flexibility index (Phi) is 3.42. The van der Waals surface area contributed by atoms with Crippen molar-refractivity contribution in [3.05, 3.63) is 18.7 Å². The largest absolute Gasteiger partial charge is 0.345 e. The maximum atomic E-state index is 10.0. The summed E-state index contributed by atoms with van der Waals surface area (Å²) < 4.78 is 0. The Morgan fingerprint density at radius 2 is 2.43 bits per heavy atom. The number of nitrogens with one attached hydrogen (secondary N) is 1. The van der Waals surface area contributed by atoms with Crippen LogP contribution in [0.2, 0.25) is 0 Å². The van der Waals surface area contributed by atoms with E-state index < -0.39 is 5.91 Å². The van der Waals surface area contributed by atoms with Gasteiger partial charge in [0.1, 0.15) is 0 Å². The number of halogens is 1. The molecule has 7 heavy (non-hydrogen) atoms. The van der Waals surface area contributed by atoms with Gasteiger partial charge in [0.05, 0.1) is 7.05 Å². The fraction of sp³-hybridized carbons (Fsp3) is 0. The first-order valence-electron chi connectivity index (χ1n) is 1.58. The van der Waals surface area contributed by atoms with Gasteiger partial charge in [-0.05, 0) is 0 Å². The quantitative estimate of drug-likeness (QED) is 0.394. The number of carbonyl (C=O) groups is 1. The van der Waals surface area contributed by atoms with Crippen LogP contribution in [0.25, 0.3) is 0 Å². The van der Waals surface area contributed by atoms with Crippen LogP contribution in [0.4, 0.5) is 0 Å². The van der Waals surface area contributed by atoms with Gasteiger partial charge in [-0.3, -0.25) is 4.79 Å². The molecule has 38 valence electrons. The van der Waals surface area contributed by atoms with Crippen LogP contribution in [0.5, 0.6) is 0 Å². The third-order valence-electron chi connectivity index (χ3n) is 0.357. The zero-order valence-corrected chi connectivity index (χ0v) is 4.27. The molecular formula is C4H4ClNO. The van der Waals surface area contributed by atoms with Crippen molar-refractivity contribution in [2.45, 2.75) is 0 Å². The predicted molar refractivity (Wildman–Crippen MR) is 27.4 cm³/mol. The minimum absolute atomic E-state index is 0.407. The second kappa shape index (κ2) is 3.68. The lowest BCUT2D eigenvalue weighted by Gasteiger charge is -1.82. The molecule has 2 nitrogen and oxygen atoms in total. The van der Waals surface area contributed by atoms with Crippen molar-refractivity contribution in [2.24, 2.45) is 0 Å². The van der Waals surface area contributed by atoms with Crippen molar-refractivity contribution in [3.8, 4) is 0 Å². The SMILES string of the molecule is [CH]NC(=O)/C=C\Cl. The molecule has 0 aliphatic carbocycles. The van der Waals surface area contributed by atoms with E-state index in [9.17, 15) is 4.79 Å². The Morgan fingerprint density at radius 3 is 2.57 bits per heavy atom. The number of hydrogen-bond acceptors (Lipinski definition) is 1. The van der Waals surface area contributed by atoms with Crippen LogP contribution in [-0.4, -0.2) is 5.91 Å². The number of carbonyl (C=O) groups excluding carboxylic acids is 1. The minimum atomic E-state index is -0.407. The average molecular weight is 118 g/mol. The van der Waals surface area contributed by atoms with Gasteiger partial charge in [0, 0.05) is 11.6 Å². The first kappa shape index (κ1) is 6.50. The van der Waals surface area contributed by atoms with Gasteiger partial charge in [0.2, 0.25) is 5.91 Å². The highest BCUT2D eigenvalue weighted by Crippen LogP contribution is 1.75. The van der Waals surface area contributed by atoms with E-state index in [2.05, 4.69) is 7.05 Å².